The van der Waals surface area contributed by atoms with Crippen LogP contribution >= 0.6 is 15.9 Å². The molecule has 0 aliphatic rings. The van der Waals surface area contributed by atoms with Crippen LogP contribution in [-0.4, -0.2) is 22.5 Å². The minimum absolute atomic E-state index is 0.0514. The molecule has 0 bridgehead atoms. The third-order valence-corrected chi connectivity index (χ3v) is 2.76. The van der Waals surface area contributed by atoms with Gasteiger partial charge in [0, 0.05) is 16.1 Å². The van der Waals surface area contributed by atoms with Crippen LogP contribution in [0.5, 0.6) is 5.75 Å². The number of rotatable bonds is 6. The van der Waals surface area contributed by atoms with Gasteiger partial charge < -0.3 is 15.6 Å². The van der Waals surface area contributed by atoms with Crippen molar-refractivity contribution in [1.82, 2.24) is 0 Å². The van der Waals surface area contributed by atoms with Crippen molar-refractivity contribution in [1.29, 1.82) is 0 Å². The molecule has 1 unspecified atom stereocenters. The van der Waals surface area contributed by atoms with Crippen molar-refractivity contribution in [2.75, 3.05) is 6.61 Å². The molecule has 8 heteroatoms. The zero-order valence-corrected chi connectivity index (χ0v) is 11.7. The van der Waals surface area contributed by atoms with E-state index in [2.05, 4.69) is 15.9 Å². The second-order valence-electron chi connectivity index (χ2n) is 3.84. The van der Waals surface area contributed by atoms with E-state index in [0.29, 0.717) is 4.47 Å². The first-order valence-corrected chi connectivity index (χ1v) is 6.19. The first kappa shape index (κ1) is 15.4. The zero-order valence-electron chi connectivity index (χ0n) is 10.1. The average molecular weight is 333 g/mol. The van der Waals surface area contributed by atoms with Gasteiger partial charge >= 0.3 is 5.69 Å². The molecule has 7 nitrogen and oxygen atoms in total. The van der Waals surface area contributed by atoms with Crippen molar-refractivity contribution in [3.05, 3.63) is 32.3 Å². The lowest BCUT2D eigenvalue weighted by atomic mass is 10.1. The Labute approximate surface area is 117 Å². The number of carbonyl (C=O) groups excluding carboxylic acids is 1. The van der Waals surface area contributed by atoms with Crippen molar-refractivity contribution < 1.29 is 19.6 Å². The van der Waals surface area contributed by atoms with Gasteiger partial charge in [0.2, 0.25) is 11.7 Å². The van der Waals surface area contributed by atoms with E-state index in [4.69, 9.17) is 10.5 Å². The number of aliphatic hydroxyl groups is 1. The molecule has 1 amide bonds. The maximum absolute atomic E-state index is 11.0. The Bertz CT molecular complexity index is 504. The Morgan fingerprint density at radius 3 is 2.74 bits per heavy atom. The summed E-state index contributed by atoms with van der Waals surface area (Å²) in [6.45, 7) is 1.38. The van der Waals surface area contributed by atoms with Gasteiger partial charge in [0.05, 0.1) is 24.1 Å². The highest BCUT2D eigenvalue weighted by atomic mass is 79.9. The normalized spacial score (nSPS) is 11.9. The number of primary amides is 1. The van der Waals surface area contributed by atoms with E-state index in [-0.39, 0.29) is 30.0 Å². The predicted octanol–water partition coefficient (Wildman–Crippen LogP) is 1.66. The van der Waals surface area contributed by atoms with Gasteiger partial charge in [-0.05, 0) is 13.0 Å². The summed E-state index contributed by atoms with van der Waals surface area (Å²) in [6.07, 6.45) is -1.01. The summed E-state index contributed by atoms with van der Waals surface area (Å²) in [6, 6.07) is 2.79. The molecule has 0 spiro atoms. The van der Waals surface area contributed by atoms with Crippen molar-refractivity contribution in [2.45, 2.75) is 19.4 Å². The fourth-order valence-corrected chi connectivity index (χ4v) is 1.92. The van der Waals surface area contributed by atoms with Crippen LogP contribution in [0.25, 0.3) is 0 Å². The average Bonchev–Trinajstić information content (AvgIpc) is 2.29. The molecule has 1 atom stereocenters. The first-order chi connectivity index (χ1) is 8.82. The Balaban J connectivity index is 3.15. The monoisotopic (exact) mass is 332 g/mol. The van der Waals surface area contributed by atoms with Crippen molar-refractivity contribution in [2.24, 2.45) is 5.73 Å². The number of ether oxygens (including phenoxy) is 1. The van der Waals surface area contributed by atoms with E-state index < -0.39 is 16.9 Å². The summed E-state index contributed by atoms with van der Waals surface area (Å²) in [5.41, 5.74) is 4.95. The van der Waals surface area contributed by atoms with Crippen LogP contribution < -0.4 is 10.5 Å². The van der Waals surface area contributed by atoms with Crippen LogP contribution in [0.1, 0.15) is 25.0 Å². The summed E-state index contributed by atoms with van der Waals surface area (Å²) in [5, 5.41) is 20.6. The highest BCUT2D eigenvalue weighted by molar-refractivity contribution is 9.10. The van der Waals surface area contributed by atoms with Crippen molar-refractivity contribution in [3.8, 4) is 5.75 Å². The summed E-state index contributed by atoms with van der Waals surface area (Å²) < 4.78 is 5.69. The summed E-state index contributed by atoms with van der Waals surface area (Å²) in [7, 11) is 0. The van der Waals surface area contributed by atoms with Crippen molar-refractivity contribution >= 4 is 27.5 Å². The summed E-state index contributed by atoms with van der Waals surface area (Å²) in [4.78, 5) is 21.0. The molecule has 0 heterocycles. The molecule has 0 saturated heterocycles. The molecule has 0 fully saturated rings. The summed E-state index contributed by atoms with van der Waals surface area (Å²) >= 11 is 3.13. The van der Waals surface area contributed by atoms with Crippen LogP contribution in [0.3, 0.4) is 0 Å². The highest BCUT2D eigenvalue weighted by Gasteiger charge is 2.23. The topological polar surface area (TPSA) is 116 Å². The fraction of sp³-hybridized carbons (Fsp3) is 0.364. The third kappa shape index (κ3) is 4.18. The molecular weight excluding hydrogens is 320 g/mol. The van der Waals surface area contributed by atoms with E-state index in [1.165, 1.54) is 19.1 Å². The molecule has 19 heavy (non-hydrogen) atoms. The smallest absolute Gasteiger partial charge is 0.312 e. The maximum Gasteiger partial charge on any atom is 0.312 e. The highest BCUT2D eigenvalue weighted by Crippen LogP contribution is 2.37. The van der Waals surface area contributed by atoms with Gasteiger partial charge in [-0.25, -0.2) is 0 Å². The molecule has 0 aliphatic heterocycles. The van der Waals surface area contributed by atoms with Crippen molar-refractivity contribution in [3.63, 3.8) is 0 Å². The largest absolute Gasteiger partial charge is 0.486 e. The van der Waals surface area contributed by atoms with E-state index in [9.17, 15) is 20.0 Å². The lowest BCUT2D eigenvalue weighted by molar-refractivity contribution is -0.386. The second kappa shape index (κ2) is 6.48. The lowest BCUT2D eigenvalue weighted by Crippen LogP contribution is -2.15. The van der Waals surface area contributed by atoms with Gasteiger partial charge in [-0.15, -0.1) is 0 Å². The number of nitrogens with zero attached hydrogens (tertiary/aromatic N) is 1. The Morgan fingerprint density at radius 2 is 2.26 bits per heavy atom. The summed E-state index contributed by atoms with van der Waals surface area (Å²) in [5.74, 6) is -0.622. The molecule has 0 aromatic heterocycles. The third-order valence-electron chi connectivity index (χ3n) is 2.30. The lowest BCUT2D eigenvalue weighted by Gasteiger charge is -2.13. The van der Waals surface area contributed by atoms with Crippen LogP contribution in [0.15, 0.2) is 16.6 Å². The van der Waals surface area contributed by atoms with Crippen LogP contribution in [-0.2, 0) is 4.79 Å². The first-order valence-electron chi connectivity index (χ1n) is 5.40. The number of halogens is 1. The van der Waals surface area contributed by atoms with Gasteiger partial charge in [0.1, 0.15) is 0 Å². The molecule has 0 aliphatic carbocycles. The van der Waals surface area contributed by atoms with Gasteiger partial charge in [-0.1, -0.05) is 15.9 Å². The molecule has 104 valence electrons. The van der Waals surface area contributed by atoms with E-state index in [0.717, 1.165) is 0 Å². The molecule has 1 aromatic carbocycles. The Hall–Kier alpha value is -1.67. The van der Waals surface area contributed by atoms with Gasteiger partial charge in [-0.2, -0.15) is 0 Å². The number of hydrogen-bond acceptors (Lipinski definition) is 5. The molecule has 1 rings (SSSR count). The standard InChI is InChI=1S/C11H13BrN2O5/c1-6(15)8-4-7(12)5-9(14(17)18)11(8)19-3-2-10(13)16/h4-6,15H,2-3H2,1H3,(H2,13,16). The molecule has 1 aromatic rings. The van der Waals surface area contributed by atoms with E-state index >= 15 is 0 Å². The van der Waals surface area contributed by atoms with Gasteiger partial charge in [0.15, 0.2) is 0 Å². The quantitative estimate of drug-likeness (QED) is 0.607. The number of amides is 1. The van der Waals surface area contributed by atoms with Crippen LogP contribution in [0.2, 0.25) is 0 Å². The number of nitro groups is 1. The number of nitro benzene ring substituents is 1. The van der Waals surface area contributed by atoms with E-state index in [1.54, 1.807) is 0 Å². The molecule has 0 saturated carbocycles. The van der Waals surface area contributed by atoms with Crippen LogP contribution in [0, 0.1) is 10.1 Å². The van der Waals surface area contributed by atoms with E-state index in [1.807, 2.05) is 0 Å². The van der Waals surface area contributed by atoms with Gasteiger partial charge in [0.25, 0.3) is 0 Å². The number of hydrogen-bond donors (Lipinski definition) is 2. The second-order valence-corrected chi connectivity index (χ2v) is 4.76. The predicted molar refractivity (Wildman–Crippen MR) is 70.7 cm³/mol. The molecular formula is C11H13BrN2O5. The maximum atomic E-state index is 11.0. The SMILES string of the molecule is CC(O)c1cc(Br)cc([N+](=O)[O-])c1OCCC(N)=O. The minimum Gasteiger partial charge on any atom is -0.486 e. The number of aliphatic hydroxyl groups excluding tert-OH is 1. The number of nitrogens with two attached hydrogens (primary N) is 1. The zero-order chi connectivity index (χ0) is 14.6. The molecule has 0 radical (unpaired) electrons. The number of carbonyl (C=O) groups is 1. The number of benzene rings is 1. The Kier molecular flexibility index (Phi) is 5.25. The molecule has 3 N–H and O–H groups in total. The minimum atomic E-state index is -0.945. The van der Waals surface area contributed by atoms with Crippen LogP contribution in [0.4, 0.5) is 5.69 Å². The van der Waals surface area contributed by atoms with Gasteiger partial charge in [-0.3, -0.25) is 14.9 Å². The fourth-order valence-electron chi connectivity index (χ4n) is 1.46. The Morgan fingerprint density at radius 1 is 1.63 bits per heavy atom.